The van der Waals surface area contributed by atoms with Crippen molar-refractivity contribution in [3.8, 4) is 0 Å². The van der Waals surface area contributed by atoms with Crippen LogP contribution in [-0.2, 0) is 0 Å². The normalized spacial score (nSPS) is 25.6. The molecule has 0 aliphatic heterocycles. The van der Waals surface area contributed by atoms with Crippen LogP contribution in [0.4, 0.5) is 0 Å². The van der Waals surface area contributed by atoms with Crippen LogP contribution in [0.2, 0.25) is 0 Å². The summed E-state index contributed by atoms with van der Waals surface area (Å²) >= 11 is 0. The fraction of sp³-hybridized carbons (Fsp3) is 0.100. The maximum atomic E-state index is 3.03. The standard InChI is InChI=1S/C10H10/c1-2-4-6-8-10-9-7-5-3-1/h1-7,10H,8H2/b2-1-,5-3-,6-4-. The molecule has 0 heterocycles. The summed E-state index contributed by atoms with van der Waals surface area (Å²) < 4.78 is 0. The maximum absolute atomic E-state index is 3.03. The van der Waals surface area contributed by atoms with Crippen molar-refractivity contribution in [2.75, 3.05) is 0 Å². The van der Waals surface area contributed by atoms with Gasteiger partial charge >= 0.3 is 0 Å². The highest BCUT2D eigenvalue weighted by molar-refractivity contribution is 5.17. The van der Waals surface area contributed by atoms with E-state index in [-0.39, 0.29) is 0 Å². The van der Waals surface area contributed by atoms with Crippen molar-refractivity contribution < 1.29 is 0 Å². The molecular formula is C10H10. The molecule has 0 saturated heterocycles. The van der Waals surface area contributed by atoms with E-state index in [9.17, 15) is 0 Å². The van der Waals surface area contributed by atoms with Crippen molar-refractivity contribution in [1.82, 2.24) is 0 Å². The Bertz CT molecular complexity index is 220. The van der Waals surface area contributed by atoms with Gasteiger partial charge in [-0.25, -0.2) is 0 Å². The highest BCUT2D eigenvalue weighted by Crippen LogP contribution is 1.88. The van der Waals surface area contributed by atoms with Crippen LogP contribution in [0.5, 0.6) is 0 Å². The fourth-order valence-electron chi connectivity index (χ4n) is 0.665. The summed E-state index contributed by atoms with van der Waals surface area (Å²) in [5.74, 6) is 0. The summed E-state index contributed by atoms with van der Waals surface area (Å²) in [6.45, 7) is 0. The second-order valence-corrected chi connectivity index (χ2v) is 1.97. The zero-order valence-corrected chi connectivity index (χ0v) is 5.83. The van der Waals surface area contributed by atoms with E-state index in [4.69, 9.17) is 0 Å². The molecule has 0 saturated carbocycles. The highest BCUT2D eigenvalue weighted by Gasteiger charge is 1.68. The van der Waals surface area contributed by atoms with E-state index < -0.39 is 0 Å². The molecule has 0 heteroatoms. The van der Waals surface area contributed by atoms with Crippen LogP contribution in [0.25, 0.3) is 0 Å². The molecular weight excluding hydrogens is 120 g/mol. The van der Waals surface area contributed by atoms with Crippen LogP contribution in [0, 0.1) is 0 Å². The maximum Gasteiger partial charge on any atom is -0.00898 e. The quantitative estimate of drug-likeness (QED) is 0.442. The van der Waals surface area contributed by atoms with Gasteiger partial charge in [0.25, 0.3) is 0 Å². The third-order valence-electron chi connectivity index (χ3n) is 1.14. The minimum Gasteiger partial charge on any atom is -0.125 e. The van der Waals surface area contributed by atoms with Crippen molar-refractivity contribution in [1.29, 1.82) is 0 Å². The Morgan fingerprint density at radius 3 is 2.70 bits per heavy atom. The van der Waals surface area contributed by atoms with Gasteiger partial charge in [-0.3, -0.25) is 0 Å². The monoisotopic (exact) mass is 130 g/mol. The Morgan fingerprint density at radius 2 is 1.70 bits per heavy atom. The van der Waals surface area contributed by atoms with Crippen LogP contribution >= 0.6 is 0 Å². The summed E-state index contributed by atoms with van der Waals surface area (Å²) in [5, 5.41) is 0. The van der Waals surface area contributed by atoms with Gasteiger partial charge in [0.05, 0.1) is 0 Å². The molecule has 50 valence electrons. The molecule has 0 nitrogen and oxygen atoms in total. The lowest BCUT2D eigenvalue weighted by molar-refractivity contribution is 1.40. The highest BCUT2D eigenvalue weighted by atomic mass is 13.7. The Balaban J connectivity index is 2.70. The van der Waals surface area contributed by atoms with Crippen molar-refractivity contribution >= 4 is 0 Å². The first kappa shape index (κ1) is 6.85. The average Bonchev–Trinajstić information content (AvgIpc) is 2.01. The van der Waals surface area contributed by atoms with E-state index in [0.29, 0.717) is 0 Å². The van der Waals surface area contributed by atoms with Gasteiger partial charge < -0.3 is 0 Å². The predicted molar refractivity (Wildman–Crippen MR) is 44.7 cm³/mol. The second kappa shape index (κ2) is 4.60. The molecule has 0 aromatic heterocycles. The molecule has 0 bridgehead atoms. The number of hydrogen-bond acceptors (Lipinski definition) is 0. The first-order chi connectivity index (χ1) is 5.00. The lowest BCUT2D eigenvalue weighted by Gasteiger charge is -1.78. The van der Waals surface area contributed by atoms with Crippen LogP contribution in [0.3, 0.4) is 0 Å². The third kappa shape index (κ3) is 2.91. The van der Waals surface area contributed by atoms with Gasteiger partial charge in [-0.1, -0.05) is 36.5 Å². The van der Waals surface area contributed by atoms with Crippen LogP contribution < -0.4 is 0 Å². The van der Waals surface area contributed by atoms with Gasteiger partial charge in [-0.2, -0.15) is 0 Å². The summed E-state index contributed by atoms with van der Waals surface area (Å²) in [6, 6.07) is 0. The largest absolute Gasteiger partial charge is 0.125 e. The Hall–Kier alpha value is -1.26. The van der Waals surface area contributed by atoms with E-state index in [1.165, 1.54) is 0 Å². The summed E-state index contributed by atoms with van der Waals surface area (Å²) in [5.41, 5.74) is 3.03. The van der Waals surface area contributed by atoms with E-state index in [1.54, 1.807) is 0 Å². The summed E-state index contributed by atoms with van der Waals surface area (Å²) in [6.07, 6.45) is 17.0. The first-order valence-corrected chi connectivity index (χ1v) is 3.39. The van der Waals surface area contributed by atoms with Crippen LogP contribution in [-0.4, -0.2) is 0 Å². The zero-order valence-electron chi connectivity index (χ0n) is 5.83. The molecule has 0 N–H and O–H groups in total. The lowest BCUT2D eigenvalue weighted by Crippen LogP contribution is -1.57. The molecule has 0 radical (unpaired) electrons. The molecule has 1 aliphatic carbocycles. The van der Waals surface area contributed by atoms with E-state index in [0.717, 1.165) is 6.42 Å². The molecule has 0 amide bonds. The second-order valence-electron chi connectivity index (χ2n) is 1.97. The van der Waals surface area contributed by atoms with E-state index >= 15 is 0 Å². The number of hydrogen-bond donors (Lipinski definition) is 0. The molecule has 0 aromatic rings. The van der Waals surface area contributed by atoms with Crippen molar-refractivity contribution in [3.05, 3.63) is 54.3 Å². The molecule has 0 aromatic carbocycles. The molecule has 1 rings (SSSR count). The fourth-order valence-corrected chi connectivity index (χ4v) is 0.665. The molecule has 1 aliphatic rings. The van der Waals surface area contributed by atoms with Crippen molar-refractivity contribution in [3.63, 3.8) is 0 Å². The molecule has 10 heavy (non-hydrogen) atoms. The Kier molecular flexibility index (Phi) is 3.16. The number of rotatable bonds is 0. The van der Waals surface area contributed by atoms with Gasteiger partial charge in [-0.15, -0.1) is 5.73 Å². The van der Waals surface area contributed by atoms with Crippen molar-refractivity contribution in [2.45, 2.75) is 6.42 Å². The van der Waals surface area contributed by atoms with Gasteiger partial charge in [0.1, 0.15) is 0 Å². The average molecular weight is 130 g/mol. The SMILES string of the molecule is C1=C\C=C/C=C\C=C/CC=1. The molecule has 0 fully saturated rings. The van der Waals surface area contributed by atoms with Crippen LogP contribution in [0.15, 0.2) is 54.3 Å². The molecule has 0 unspecified atom stereocenters. The van der Waals surface area contributed by atoms with Gasteiger partial charge in [-0.05, 0) is 18.6 Å². The Morgan fingerprint density at radius 1 is 0.900 bits per heavy atom. The lowest BCUT2D eigenvalue weighted by atomic mass is 10.3. The molecule has 0 spiro atoms. The zero-order chi connectivity index (χ0) is 7.07. The van der Waals surface area contributed by atoms with E-state index in [2.05, 4.69) is 11.8 Å². The minimum absolute atomic E-state index is 0.967. The molecule has 0 atom stereocenters. The van der Waals surface area contributed by atoms with Gasteiger partial charge in [0.15, 0.2) is 0 Å². The van der Waals surface area contributed by atoms with Gasteiger partial charge in [0, 0.05) is 0 Å². The van der Waals surface area contributed by atoms with Crippen LogP contribution in [0.1, 0.15) is 6.42 Å². The van der Waals surface area contributed by atoms with E-state index in [1.807, 2.05) is 42.5 Å². The Labute approximate surface area is 61.6 Å². The smallest absolute Gasteiger partial charge is 0.00898 e. The third-order valence-corrected chi connectivity index (χ3v) is 1.14. The predicted octanol–water partition coefficient (Wildman–Crippen LogP) is 2.77. The van der Waals surface area contributed by atoms with Gasteiger partial charge in [0.2, 0.25) is 0 Å². The topological polar surface area (TPSA) is 0 Å². The number of allylic oxidation sites excluding steroid dienone is 7. The summed E-state index contributed by atoms with van der Waals surface area (Å²) in [4.78, 5) is 0. The minimum atomic E-state index is 0.967. The van der Waals surface area contributed by atoms with Crippen molar-refractivity contribution in [2.24, 2.45) is 0 Å². The summed E-state index contributed by atoms with van der Waals surface area (Å²) in [7, 11) is 0. The first-order valence-electron chi connectivity index (χ1n) is 3.39.